The van der Waals surface area contributed by atoms with Gasteiger partial charge in [0.25, 0.3) is 0 Å². The third-order valence-corrected chi connectivity index (χ3v) is 3.37. The Morgan fingerprint density at radius 3 is 3.18 bits per heavy atom. The van der Waals surface area contributed by atoms with Crippen molar-refractivity contribution in [3.8, 4) is 0 Å². The molecule has 3 rings (SSSR count). The molecule has 0 aromatic carbocycles. The first-order valence-electron chi connectivity index (χ1n) is 5.84. The van der Waals surface area contributed by atoms with Crippen LogP contribution in [0.1, 0.15) is 17.4 Å². The van der Waals surface area contributed by atoms with Crippen LogP contribution < -0.4 is 5.73 Å². The van der Waals surface area contributed by atoms with E-state index < -0.39 is 0 Å². The van der Waals surface area contributed by atoms with Gasteiger partial charge in [-0.05, 0) is 6.07 Å². The van der Waals surface area contributed by atoms with E-state index in [1.807, 2.05) is 18.5 Å². The summed E-state index contributed by atoms with van der Waals surface area (Å²) in [5, 5.41) is 0. The second-order valence-electron chi connectivity index (χ2n) is 4.32. The molecule has 2 aromatic rings. The fraction of sp³-hybridized carbons (Fsp3) is 0.417. The molecular weight excluding hydrogens is 216 g/mol. The first kappa shape index (κ1) is 10.6. The van der Waals surface area contributed by atoms with Crippen molar-refractivity contribution in [2.45, 2.75) is 19.1 Å². The summed E-state index contributed by atoms with van der Waals surface area (Å²) in [5.74, 6) is 1.11. The standard InChI is InChI=1S/C12H16N4O/c13-7-11(10-1-6-17-9-10)16-5-4-15-3-2-14-12(15)8-16/h1-3,6,9,11H,4-5,7-8,13H2. The predicted molar refractivity (Wildman–Crippen MR) is 63.1 cm³/mol. The smallest absolute Gasteiger partial charge is 0.122 e. The predicted octanol–water partition coefficient (Wildman–Crippen LogP) is 0.992. The average Bonchev–Trinajstić information content (AvgIpc) is 2.99. The number of nitrogens with zero attached hydrogens (tertiary/aromatic N) is 3. The van der Waals surface area contributed by atoms with Crippen molar-refractivity contribution in [3.05, 3.63) is 42.4 Å². The van der Waals surface area contributed by atoms with Gasteiger partial charge in [-0.25, -0.2) is 4.98 Å². The Morgan fingerprint density at radius 1 is 1.47 bits per heavy atom. The maximum absolute atomic E-state index is 5.88. The largest absolute Gasteiger partial charge is 0.472 e. The second-order valence-corrected chi connectivity index (χ2v) is 4.32. The summed E-state index contributed by atoms with van der Waals surface area (Å²) in [6.07, 6.45) is 7.36. The number of aromatic nitrogens is 2. The van der Waals surface area contributed by atoms with Gasteiger partial charge in [0.15, 0.2) is 0 Å². The lowest BCUT2D eigenvalue weighted by atomic mass is 10.1. The van der Waals surface area contributed by atoms with Crippen molar-refractivity contribution in [2.24, 2.45) is 5.73 Å². The fourth-order valence-electron chi connectivity index (χ4n) is 2.42. The molecule has 0 bridgehead atoms. The van der Waals surface area contributed by atoms with Crippen molar-refractivity contribution in [1.82, 2.24) is 14.5 Å². The van der Waals surface area contributed by atoms with Crippen LogP contribution in [0.5, 0.6) is 0 Å². The average molecular weight is 232 g/mol. The highest BCUT2D eigenvalue weighted by Crippen LogP contribution is 2.24. The highest BCUT2D eigenvalue weighted by Gasteiger charge is 2.24. The molecule has 1 aliphatic rings. The Hall–Kier alpha value is -1.59. The van der Waals surface area contributed by atoms with Gasteiger partial charge in [0.05, 0.1) is 25.1 Å². The molecule has 1 atom stereocenters. The van der Waals surface area contributed by atoms with Gasteiger partial charge >= 0.3 is 0 Å². The maximum Gasteiger partial charge on any atom is 0.122 e. The van der Waals surface area contributed by atoms with Crippen LogP contribution in [0.25, 0.3) is 0 Å². The van der Waals surface area contributed by atoms with Crippen LogP contribution >= 0.6 is 0 Å². The molecule has 0 fully saturated rings. The molecule has 0 saturated heterocycles. The highest BCUT2D eigenvalue weighted by molar-refractivity contribution is 5.13. The molecule has 0 saturated carbocycles. The Bertz CT molecular complexity index is 476. The Kier molecular flexibility index (Phi) is 2.70. The number of nitrogens with two attached hydrogens (primary N) is 1. The van der Waals surface area contributed by atoms with Crippen LogP contribution in [0.15, 0.2) is 35.4 Å². The van der Waals surface area contributed by atoms with Crippen LogP contribution in [0.2, 0.25) is 0 Å². The molecule has 0 spiro atoms. The van der Waals surface area contributed by atoms with E-state index in [0.717, 1.165) is 31.0 Å². The monoisotopic (exact) mass is 232 g/mol. The zero-order valence-corrected chi connectivity index (χ0v) is 9.62. The van der Waals surface area contributed by atoms with Gasteiger partial charge in [0.1, 0.15) is 5.82 Å². The van der Waals surface area contributed by atoms with E-state index in [4.69, 9.17) is 10.2 Å². The zero-order chi connectivity index (χ0) is 11.7. The SMILES string of the molecule is NCC(c1ccoc1)N1CCn2ccnc2C1. The van der Waals surface area contributed by atoms with E-state index in [1.54, 1.807) is 12.5 Å². The van der Waals surface area contributed by atoms with Gasteiger partial charge in [0, 0.05) is 37.6 Å². The van der Waals surface area contributed by atoms with E-state index >= 15 is 0 Å². The third-order valence-electron chi connectivity index (χ3n) is 3.37. The molecule has 2 aromatic heterocycles. The summed E-state index contributed by atoms with van der Waals surface area (Å²) in [6, 6.07) is 2.21. The number of fused-ring (bicyclic) bond motifs is 1. The molecule has 0 aliphatic carbocycles. The van der Waals surface area contributed by atoms with Crippen LogP contribution in [-0.2, 0) is 13.1 Å². The highest BCUT2D eigenvalue weighted by atomic mass is 16.3. The van der Waals surface area contributed by atoms with Crippen molar-refractivity contribution in [3.63, 3.8) is 0 Å². The maximum atomic E-state index is 5.88. The Labute approximate surface area is 99.8 Å². The van der Waals surface area contributed by atoms with Gasteiger partial charge in [-0.15, -0.1) is 0 Å². The number of hydrogen-bond donors (Lipinski definition) is 1. The third kappa shape index (κ3) is 1.87. The first-order chi connectivity index (χ1) is 8.38. The van der Waals surface area contributed by atoms with Gasteiger partial charge in [0.2, 0.25) is 0 Å². The zero-order valence-electron chi connectivity index (χ0n) is 9.62. The van der Waals surface area contributed by atoms with E-state index in [2.05, 4.69) is 14.5 Å². The molecule has 1 unspecified atom stereocenters. The Morgan fingerprint density at radius 2 is 2.41 bits per heavy atom. The molecule has 3 heterocycles. The number of furan rings is 1. The summed E-state index contributed by atoms with van der Waals surface area (Å²) in [6.45, 7) is 3.42. The van der Waals surface area contributed by atoms with Crippen LogP contribution in [0.3, 0.4) is 0 Å². The molecule has 1 aliphatic heterocycles. The molecular formula is C12H16N4O. The first-order valence-corrected chi connectivity index (χ1v) is 5.84. The van der Waals surface area contributed by atoms with Crippen LogP contribution in [0, 0.1) is 0 Å². The van der Waals surface area contributed by atoms with Gasteiger partial charge in [-0.1, -0.05) is 0 Å². The lowest BCUT2D eigenvalue weighted by Crippen LogP contribution is -2.39. The Balaban J connectivity index is 1.81. The molecule has 90 valence electrons. The number of rotatable bonds is 3. The summed E-state index contributed by atoms with van der Waals surface area (Å²) in [7, 11) is 0. The molecule has 5 nitrogen and oxygen atoms in total. The number of imidazole rings is 1. The lowest BCUT2D eigenvalue weighted by molar-refractivity contribution is 0.156. The summed E-state index contributed by atoms with van der Waals surface area (Å²) >= 11 is 0. The van der Waals surface area contributed by atoms with Crippen molar-refractivity contribution < 1.29 is 4.42 Å². The van der Waals surface area contributed by atoms with Crippen LogP contribution in [-0.4, -0.2) is 27.5 Å². The van der Waals surface area contributed by atoms with E-state index in [-0.39, 0.29) is 6.04 Å². The van der Waals surface area contributed by atoms with Crippen molar-refractivity contribution in [2.75, 3.05) is 13.1 Å². The van der Waals surface area contributed by atoms with Crippen molar-refractivity contribution in [1.29, 1.82) is 0 Å². The summed E-state index contributed by atoms with van der Waals surface area (Å²) in [5.41, 5.74) is 7.03. The molecule has 2 N–H and O–H groups in total. The normalized spacial score (nSPS) is 17.9. The van der Waals surface area contributed by atoms with E-state index in [0.29, 0.717) is 6.54 Å². The van der Waals surface area contributed by atoms with Crippen LogP contribution in [0.4, 0.5) is 0 Å². The van der Waals surface area contributed by atoms with E-state index in [9.17, 15) is 0 Å². The lowest BCUT2D eigenvalue weighted by Gasteiger charge is -2.33. The minimum Gasteiger partial charge on any atom is -0.472 e. The number of hydrogen-bond acceptors (Lipinski definition) is 4. The van der Waals surface area contributed by atoms with E-state index in [1.165, 1.54) is 0 Å². The molecule has 5 heteroatoms. The second kappa shape index (κ2) is 4.35. The molecule has 0 amide bonds. The fourth-order valence-corrected chi connectivity index (χ4v) is 2.42. The topological polar surface area (TPSA) is 60.2 Å². The quantitative estimate of drug-likeness (QED) is 0.857. The minimum atomic E-state index is 0.221. The molecule has 0 radical (unpaired) electrons. The van der Waals surface area contributed by atoms with Gasteiger partial charge < -0.3 is 14.7 Å². The summed E-state index contributed by atoms with van der Waals surface area (Å²) in [4.78, 5) is 6.72. The van der Waals surface area contributed by atoms with Crippen molar-refractivity contribution >= 4 is 0 Å². The minimum absolute atomic E-state index is 0.221. The summed E-state index contributed by atoms with van der Waals surface area (Å²) < 4.78 is 7.33. The van der Waals surface area contributed by atoms with Gasteiger partial charge in [-0.2, -0.15) is 0 Å². The van der Waals surface area contributed by atoms with Gasteiger partial charge in [-0.3, -0.25) is 4.90 Å². The molecule has 17 heavy (non-hydrogen) atoms.